The van der Waals surface area contributed by atoms with E-state index in [9.17, 15) is 22.8 Å². The topological polar surface area (TPSA) is 114 Å². The van der Waals surface area contributed by atoms with Crippen molar-refractivity contribution in [3.63, 3.8) is 0 Å². The fourth-order valence-electron chi connectivity index (χ4n) is 2.61. The van der Waals surface area contributed by atoms with Gasteiger partial charge in [0.05, 0.1) is 11.3 Å². The van der Waals surface area contributed by atoms with Gasteiger partial charge in [0.1, 0.15) is 12.4 Å². The Kier molecular flexibility index (Phi) is 5.34. The van der Waals surface area contributed by atoms with E-state index in [-0.39, 0.29) is 47.7 Å². The molecule has 0 N–H and O–H groups in total. The number of benzene rings is 1. The predicted octanol–water partition coefficient (Wildman–Crippen LogP) is 1.54. The molecule has 2 amide bonds. The van der Waals surface area contributed by atoms with Gasteiger partial charge in [0.25, 0.3) is 10.0 Å². The molecule has 3 rings (SSSR count). The molecule has 9 nitrogen and oxygen atoms in total. The van der Waals surface area contributed by atoms with Crippen LogP contribution >= 0.6 is 0 Å². The zero-order valence-corrected chi connectivity index (χ0v) is 16.1. The molecule has 0 aliphatic carbocycles. The average molecular weight is 406 g/mol. The molecule has 2 heterocycles. The van der Waals surface area contributed by atoms with Crippen LogP contribution in [0, 0.1) is 0 Å². The Bertz CT molecular complexity index is 1020. The van der Waals surface area contributed by atoms with E-state index in [2.05, 4.69) is 0 Å². The molecular formula is C18H18N2O7S. The fraction of sp³-hybridized carbons (Fsp3) is 0.278. The first-order valence-electron chi connectivity index (χ1n) is 8.34. The minimum atomic E-state index is -3.72. The number of hydrogen-bond acceptors (Lipinski definition) is 7. The van der Waals surface area contributed by atoms with E-state index in [0.29, 0.717) is 5.69 Å². The zero-order chi connectivity index (χ0) is 20.5. The van der Waals surface area contributed by atoms with Crippen LogP contribution in [-0.2, 0) is 31.0 Å². The standard InChI is InChI=1S/C18H18N2O7S/c1-19(2)28(24,25)17-9-6-14(27-17)11-26-18(23)12-4-3-5-13(10-12)20-15(21)7-8-16(20)22/h3-6,9-10H,7-8,11H2,1-2H3. The van der Waals surface area contributed by atoms with Crippen LogP contribution in [0.4, 0.5) is 5.69 Å². The van der Waals surface area contributed by atoms with E-state index in [1.807, 2.05) is 0 Å². The Morgan fingerprint density at radius 2 is 1.82 bits per heavy atom. The first kappa shape index (κ1) is 19.8. The number of amides is 2. The highest BCUT2D eigenvalue weighted by Crippen LogP contribution is 2.24. The summed E-state index contributed by atoms with van der Waals surface area (Å²) >= 11 is 0. The van der Waals surface area contributed by atoms with Crippen LogP contribution in [0.3, 0.4) is 0 Å². The van der Waals surface area contributed by atoms with Gasteiger partial charge in [-0.3, -0.25) is 14.5 Å². The Labute approximate surface area is 161 Å². The van der Waals surface area contributed by atoms with E-state index >= 15 is 0 Å². The summed E-state index contributed by atoms with van der Waals surface area (Å²) in [5.41, 5.74) is 0.456. The highest BCUT2D eigenvalue weighted by Gasteiger charge is 2.30. The van der Waals surface area contributed by atoms with Crippen molar-refractivity contribution in [2.24, 2.45) is 0 Å². The molecule has 1 aliphatic heterocycles. The summed E-state index contributed by atoms with van der Waals surface area (Å²) < 4.78 is 35.3. The van der Waals surface area contributed by atoms with Crippen LogP contribution in [-0.4, -0.2) is 44.6 Å². The third kappa shape index (κ3) is 3.82. The summed E-state index contributed by atoms with van der Waals surface area (Å²) in [6.45, 7) is -0.270. The maximum Gasteiger partial charge on any atom is 0.338 e. The number of nitrogens with zero attached hydrogens (tertiary/aromatic N) is 2. The number of sulfonamides is 1. The maximum atomic E-state index is 12.3. The molecule has 1 fully saturated rings. The lowest BCUT2D eigenvalue weighted by Gasteiger charge is -2.14. The van der Waals surface area contributed by atoms with Crippen LogP contribution in [0.5, 0.6) is 0 Å². The van der Waals surface area contributed by atoms with Gasteiger partial charge in [-0.1, -0.05) is 6.07 Å². The monoisotopic (exact) mass is 406 g/mol. The number of rotatable bonds is 6. The lowest BCUT2D eigenvalue weighted by Crippen LogP contribution is -2.28. The number of anilines is 1. The first-order valence-corrected chi connectivity index (χ1v) is 9.78. The van der Waals surface area contributed by atoms with E-state index in [1.165, 1.54) is 38.4 Å². The first-order chi connectivity index (χ1) is 13.2. The van der Waals surface area contributed by atoms with Crippen molar-refractivity contribution >= 4 is 33.5 Å². The lowest BCUT2D eigenvalue weighted by atomic mass is 10.2. The minimum Gasteiger partial charge on any atom is -0.454 e. The fourth-order valence-corrected chi connectivity index (χ4v) is 3.42. The molecule has 2 aromatic rings. The minimum absolute atomic E-state index is 0.143. The largest absolute Gasteiger partial charge is 0.454 e. The Hall–Kier alpha value is -2.98. The molecule has 1 saturated heterocycles. The van der Waals surface area contributed by atoms with Gasteiger partial charge < -0.3 is 9.15 Å². The number of hydrogen-bond donors (Lipinski definition) is 0. The van der Waals surface area contributed by atoms with Crippen molar-refractivity contribution in [2.45, 2.75) is 24.5 Å². The SMILES string of the molecule is CN(C)S(=O)(=O)c1ccc(COC(=O)c2cccc(N3C(=O)CCC3=O)c2)o1. The van der Waals surface area contributed by atoms with Gasteiger partial charge in [0.2, 0.25) is 16.9 Å². The summed E-state index contributed by atoms with van der Waals surface area (Å²) in [7, 11) is -0.965. The number of ether oxygens (including phenoxy) is 1. The molecule has 0 atom stereocenters. The van der Waals surface area contributed by atoms with E-state index < -0.39 is 16.0 Å². The van der Waals surface area contributed by atoms with Crippen molar-refractivity contribution in [3.05, 3.63) is 47.7 Å². The Balaban J connectivity index is 1.69. The summed E-state index contributed by atoms with van der Waals surface area (Å²) in [5.74, 6) is -1.18. The van der Waals surface area contributed by atoms with Gasteiger partial charge in [0.15, 0.2) is 0 Å². The van der Waals surface area contributed by atoms with Gasteiger partial charge in [0, 0.05) is 26.9 Å². The van der Waals surface area contributed by atoms with Gasteiger partial charge >= 0.3 is 5.97 Å². The zero-order valence-electron chi connectivity index (χ0n) is 15.2. The van der Waals surface area contributed by atoms with Gasteiger partial charge in [-0.2, -0.15) is 0 Å². The number of esters is 1. The van der Waals surface area contributed by atoms with Gasteiger partial charge in [-0.05, 0) is 30.3 Å². The summed E-state index contributed by atoms with van der Waals surface area (Å²) in [6, 6.07) is 8.67. The Morgan fingerprint density at radius 1 is 1.14 bits per heavy atom. The van der Waals surface area contributed by atoms with Crippen molar-refractivity contribution in [2.75, 3.05) is 19.0 Å². The smallest absolute Gasteiger partial charge is 0.338 e. The summed E-state index contributed by atoms with van der Waals surface area (Å²) in [6.07, 6.45) is 0.286. The third-order valence-corrected chi connectivity index (χ3v) is 5.80. The van der Waals surface area contributed by atoms with Gasteiger partial charge in [-0.25, -0.2) is 17.5 Å². The molecule has 148 valence electrons. The Morgan fingerprint density at radius 3 is 2.46 bits per heavy atom. The molecule has 0 unspecified atom stereocenters. The second kappa shape index (κ2) is 7.56. The summed E-state index contributed by atoms with van der Waals surface area (Å²) in [5, 5.41) is -0.253. The second-order valence-corrected chi connectivity index (χ2v) is 8.34. The van der Waals surface area contributed by atoms with Crippen LogP contribution in [0.1, 0.15) is 29.0 Å². The van der Waals surface area contributed by atoms with Crippen LogP contribution in [0.2, 0.25) is 0 Å². The summed E-state index contributed by atoms with van der Waals surface area (Å²) in [4.78, 5) is 37.0. The normalized spacial score (nSPS) is 14.8. The van der Waals surface area contributed by atoms with Crippen molar-refractivity contribution in [1.29, 1.82) is 0 Å². The highest BCUT2D eigenvalue weighted by atomic mass is 32.2. The molecule has 1 aromatic carbocycles. The van der Waals surface area contributed by atoms with Crippen LogP contribution < -0.4 is 4.90 Å². The predicted molar refractivity (Wildman–Crippen MR) is 96.9 cm³/mol. The molecule has 10 heteroatoms. The molecule has 0 spiro atoms. The third-order valence-electron chi connectivity index (χ3n) is 4.11. The molecule has 28 heavy (non-hydrogen) atoms. The van der Waals surface area contributed by atoms with Crippen LogP contribution in [0.15, 0.2) is 45.9 Å². The second-order valence-electron chi connectivity index (χ2n) is 6.26. The van der Waals surface area contributed by atoms with Crippen LogP contribution in [0.25, 0.3) is 0 Å². The van der Waals surface area contributed by atoms with E-state index in [1.54, 1.807) is 12.1 Å². The molecule has 0 bridgehead atoms. The van der Waals surface area contributed by atoms with E-state index in [4.69, 9.17) is 9.15 Å². The molecule has 0 saturated carbocycles. The van der Waals surface area contributed by atoms with Gasteiger partial charge in [-0.15, -0.1) is 0 Å². The van der Waals surface area contributed by atoms with Crippen molar-refractivity contribution in [3.8, 4) is 0 Å². The highest BCUT2D eigenvalue weighted by molar-refractivity contribution is 7.88. The molecule has 1 aromatic heterocycles. The number of carbonyl (C=O) groups excluding carboxylic acids is 3. The lowest BCUT2D eigenvalue weighted by molar-refractivity contribution is -0.121. The van der Waals surface area contributed by atoms with Crippen molar-refractivity contribution in [1.82, 2.24) is 4.31 Å². The molecule has 0 radical (unpaired) electrons. The molecule has 1 aliphatic rings. The molecular weight excluding hydrogens is 388 g/mol. The quantitative estimate of drug-likeness (QED) is 0.528. The maximum absolute atomic E-state index is 12.3. The number of furan rings is 1. The average Bonchev–Trinajstić information content (AvgIpc) is 3.26. The van der Waals surface area contributed by atoms with E-state index in [0.717, 1.165) is 9.21 Å². The number of carbonyl (C=O) groups is 3. The van der Waals surface area contributed by atoms with Crippen molar-refractivity contribution < 1.29 is 32.0 Å². The number of imide groups is 1.